The number of rotatable bonds is 4. The summed E-state index contributed by atoms with van der Waals surface area (Å²) in [6, 6.07) is 14.4. The van der Waals surface area contributed by atoms with E-state index in [4.69, 9.17) is 16.0 Å². The number of furan rings is 1. The lowest BCUT2D eigenvalue weighted by atomic mass is 10.0. The molecule has 3 amide bonds. The van der Waals surface area contributed by atoms with E-state index in [0.717, 1.165) is 0 Å². The van der Waals surface area contributed by atoms with Crippen molar-refractivity contribution < 1.29 is 23.9 Å². The summed E-state index contributed by atoms with van der Waals surface area (Å²) in [6.07, 6.45) is 0. The summed E-state index contributed by atoms with van der Waals surface area (Å²) >= 11 is 6.12. The number of carboxylic acid groups (broad SMARTS) is 1. The van der Waals surface area contributed by atoms with Crippen molar-refractivity contribution in [2.24, 2.45) is 0 Å². The average Bonchev–Trinajstić information content (AvgIpc) is 3.29. The number of urea groups is 1. The van der Waals surface area contributed by atoms with Crippen molar-refractivity contribution in [2.45, 2.75) is 6.92 Å². The predicted octanol–water partition coefficient (Wildman–Crippen LogP) is 4.21. The number of imide groups is 1. The molecule has 3 N–H and O–H groups in total. The smallest absolute Gasteiger partial charge is 0.335 e. The molecular formula is C22H15ClN2O5. The minimum absolute atomic E-state index is 0.0409. The van der Waals surface area contributed by atoms with Crippen LogP contribution in [-0.2, 0) is 4.79 Å². The standard InChI is InChI=1S/C22H15ClN2O5/c1-11-14(6-3-7-15(11)21(27)28)16-8-9-17(30-16)18(12-4-2-5-13(23)10-12)19-20(26)25-22(29)24-19/h2-10H,1H3,(H,27,28)(H2,24,25,26,29)/b19-18-. The Bertz CT molecular complexity index is 1240. The van der Waals surface area contributed by atoms with Gasteiger partial charge in [-0.1, -0.05) is 35.9 Å². The van der Waals surface area contributed by atoms with Gasteiger partial charge < -0.3 is 14.8 Å². The molecule has 2 aromatic carbocycles. The summed E-state index contributed by atoms with van der Waals surface area (Å²) in [7, 11) is 0. The largest absolute Gasteiger partial charge is 0.478 e. The number of halogens is 1. The van der Waals surface area contributed by atoms with Crippen molar-refractivity contribution in [2.75, 3.05) is 0 Å². The van der Waals surface area contributed by atoms with E-state index in [1.807, 2.05) is 0 Å². The number of benzene rings is 2. The third-order valence-corrected chi connectivity index (χ3v) is 4.97. The highest BCUT2D eigenvalue weighted by Gasteiger charge is 2.29. The molecule has 0 aliphatic carbocycles. The monoisotopic (exact) mass is 422 g/mol. The quantitative estimate of drug-likeness (QED) is 0.431. The van der Waals surface area contributed by atoms with Crippen LogP contribution in [0.1, 0.15) is 27.2 Å². The third kappa shape index (κ3) is 3.46. The molecular weight excluding hydrogens is 408 g/mol. The molecule has 0 unspecified atom stereocenters. The maximum atomic E-state index is 12.3. The van der Waals surface area contributed by atoms with Crippen LogP contribution in [0.5, 0.6) is 0 Å². The van der Waals surface area contributed by atoms with Gasteiger partial charge in [-0.25, -0.2) is 9.59 Å². The highest BCUT2D eigenvalue weighted by atomic mass is 35.5. The van der Waals surface area contributed by atoms with Gasteiger partial charge in [0, 0.05) is 10.6 Å². The SMILES string of the molecule is Cc1c(C(=O)O)cccc1-c1ccc(/C(=C2\NC(=O)NC2=O)c2cccc(Cl)c2)o1. The zero-order chi connectivity index (χ0) is 21.4. The highest BCUT2D eigenvalue weighted by Crippen LogP contribution is 2.34. The van der Waals surface area contributed by atoms with E-state index < -0.39 is 17.9 Å². The number of hydrogen-bond acceptors (Lipinski definition) is 4. The summed E-state index contributed by atoms with van der Waals surface area (Å²) in [4.78, 5) is 35.4. The van der Waals surface area contributed by atoms with E-state index in [-0.39, 0.29) is 11.3 Å². The molecule has 2 heterocycles. The van der Waals surface area contributed by atoms with Crippen LogP contribution in [0.2, 0.25) is 5.02 Å². The highest BCUT2D eigenvalue weighted by molar-refractivity contribution is 6.30. The van der Waals surface area contributed by atoms with E-state index >= 15 is 0 Å². The lowest BCUT2D eigenvalue weighted by Gasteiger charge is -2.09. The molecule has 1 aliphatic rings. The lowest BCUT2D eigenvalue weighted by Crippen LogP contribution is -2.22. The van der Waals surface area contributed by atoms with Gasteiger partial charge in [0.2, 0.25) is 0 Å². The summed E-state index contributed by atoms with van der Waals surface area (Å²) in [5.41, 5.74) is 2.30. The van der Waals surface area contributed by atoms with Crippen molar-refractivity contribution in [1.82, 2.24) is 10.6 Å². The summed E-state index contributed by atoms with van der Waals surface area (Å²) < 4.78 is 6.01. The Kier molecular flexibility index (Phi) is 4.89. The second kappa shape index (κ2) is 7.53. The molecule has 7 nitrogen and oxygen atoms in total. The first-order valence-electron chi connectivity index (χ1n) is 8.91. The number of hydrogen-bond donors (Lipinski definition) is 3. The summed E-state index contributed by atoms with van der Waals surface area (Å²) in [6.45, 7) is 1.70. The molecule has 0 radical (unpaired) electrons. The maximum Gasteiger partial charge on any atom is 0.335 e. The van der Waals surface area contributed by atoms with Crippen LogP contribution in [0, 0.1) is 6.92 Å². The third-order valence-electron chi connectivity index (χ3n) is 4.74. The first-order valence-corrected chi connectivity index (χ1v) is 9.29. The fourth-order valence-corrected chi connectivity index (χ4v) is 3.54. The molecule has 30 heavy (non-hydrogen) atoms. The van der Waals surface area contributed by atoms with E-state index in [1.165, 1.54) is 6.07 Å². The van der Waals surface area contributed by atoms with Crippen LogP contribution in [0.15, 0.2) is 64.7 Å². The van der Waals surface area contributed by atoms with Gasteiger partial charge in [0.1, 0.15) is 17.2 Å². The van der Waals surface area contributed by atoms with Crippen LogP contribution in [0.4, 0.5) is 4.79 Å². The van der Waals surface area contributed by atoms with Crippen molar-refractivity contribution in [3.8, 4) is 11.3 Å². The van der Waals surface area contributed by atoms with E-state index in [0.29, 0.717) is 38.8 Å². The van der Waals surface area contributed by atoms with Crippen molar-refractivity contribution in [3.63, 3.8) is 0 Å². The summed E-state index contributed by atoms with van der Waals surface area (Å²) in [5.74, 6) is -0.875. The Morgan fingerprint density at radius 3 is 2.47 bits per heavy atom. The lowest BCUT2D eigenvalue weighted by molar-refractivity contribution is -0.115. The van der Waals surface area contributed by atoms with Gasteiger partial charge in [0.05, 0.1) is 11.1 Å². The number of nitrogens with one attached hydrogen (secondary N) is 2. The van der Waals surface area contributed by atoms with Crippen molar-refractivity contribution in [3.05, 3.63) is 87.8 Å². The fraction of sp³-hybridized carbons (Fsp3) is 0.0455. The minimum atomic E-state index is -1.03. The Hall–Kier alpha value is -3.84. The average molecular weight is 423 g/mol. The minimum Gasteiger partial charge on any atom is -0.478 e. The number of aromatic carboxylic acids is 1. The first kappa shape index (κ1) is 19.5. The van der Waals surface area contributed by atoms with Crippen LogP contribution in [0.25, 0.3) is 16.9 Å². The van der Waals surface area contributed by atoms with Crippen LogP contribution in [0.3, 0.4) is 0 Å². The number of carbonyl (C=O) groups excluding carboxylic acids is 2. The van der Waals surface area contributed by atoms with Gasteiger partial charge in [-0.3, -0.25) is 10.1 Å². The van der Waals surface area contributed by atoms with E-state index in [9.17, 15) is 19.5 Å². The zero-order valence-electron chi connectivity index (χ0n) is 15.7. The maximum absolute atomic E-state index is 12.3. The molecule has 3 aromatic rings. The van der Waals surface area contributed by atoms with E-state index in [1.54, 1.807) is 55.5 Å². The van der Waals surface area contributed by atoms with Gasteiger partial charge in [-0.15, -0.1) is 0 Å². The molecule has 1 saturated heterocycles. The zero-order valence-corrected chi connectivity index (χ0v) is 16.4. The molecule has 0 spiro atoms. The fourth-order valence-electron chi connectivity index (χ4n) is 3.35. The molecule has 4 rings (SSSR count). The Balaban J connectivity index is 1.88. The Morgan fingerprint density at radius 1 is 1.03 bits per heavy atom. The van der Waals surface area contributed by atoms with Gasteiger partial charge in [0.15, 0.2) is 0 Å². The van der Waals surface area contributed by atoms with Crippen LogP contribution < -0.4 is 10.6 Å². The van der Waals surface area contributed by atoms with E-state index in [2.05, 4.69) is 10.6 Å². The molecule has 150 valence electrons. The second-order valence-electron chi connectivity index (χ2n) is 6.62. The van der Waals surface area contributed by atoms with Crippen LogP contribution >= 0.6 is 11.6 Å². The molecule has 1 fully saturated rings. The molecule has 8 heteroatoms. The topological polar surface area (TPSA) is 109 Å². The Morgan fingerprint density at radius 2 is 1.80 bits per heavy atom. The predicted molar refractivity (Wildman–Crippen MR) is 110 cm³/mol. The molecule has 0 atom stereocenters. The summed E-state index contributed by atoms with van der Waals surface area (Å²) in [5, 5.41) is 14.5. The van der Waals surface area contributed by atoms with Gasteiger partial charge >= 0.3 is 12.0 Å². The Labute approximate surface area is 176 Å². The number of carboxylic acids is 1. The molecule has 0 bridgehead atoms. The molecule has 1 aliphatic heterocycles. The second-order valence-corrected chi connectivity index (χ2v) is 7.05. The van der Waals surface area contributed by atoms with Gasteiger partial charge in [-0.05, 0) is 48.4 Å². The normalized spacial score (nSPS) is 15.0. The van der Waals surface area contributed by atoms with Crippen molar-refractivity contribution in [1.29, 1.82) is 0 Å². The number of carbonyl (C=O) groups is 3. The first-order chi connectivity index (χ1) is 14.3. The van der Waals surface area contributed by atoms with Crippen LogP contribution in [-0.4, -0.2) is 23.0 Å². The molecule has 0 saturated carbocycles. The van der Waals surface area contributed by atoms with Gasteiger partial charge in [0.25, 0.3) is 5.91 Å². The number of amides is 3. The van der Waals surface area contributed by atoms with Gasteiger partial charge in [-0.2, -0.15) is 0 Å². The molecule has 1 aromatic heterocycles. The van der Waals surface area contributed by atoms with Crippen molar-refractivity contribution >= 4 is 35.1 Å².